The van der Waals surface area contributed by atoms with Crippen LogP contribution in [0, 0.1) is 6.92 Å². The normalized spacial score (nSPS) is 11.4. The molecule has 0 spiro atoms. The summed E-state index contributed by atoms with van der Waals surface area (Å²) < 4.78 is 1.76. The number of carbonyl (C=O) groups excluding carboxylic acids is 2. The molecule has 6 nitrogen and oxygen atoms in total. The van der Waals surface area contributed by atoms with Crippen molar-refractivity contribution in [3.05, 3.63) is 41.6 Å². The van der Waals surface area contributed by atoms with E-state index in [9.17, 15) is 9.59 Å². The van der Waals surface area contributed by atoms with E-state index in [1.807, 2.05) is 44.2 Å². The second-order valence-corrected chi connectivity index (χ2v) is 9.18. The maximum Gasteiger partial charge on any atom is 0.245 e. The first-order chi connectivity index (χ1) is 14.7. The van der Waals surface area contributed by atoms with Gasteiger partial charge in [0.2, 0.25) is 11.8 Å². The predicted molar refractivity (Wildman–Crippen MR) is 127 cm³/mol. The molecule has 0 aliphatic carbocycles. The lowest BCUT2D eigenvalue weighted by molar-refractivity contribution is -0.134. The second-order valence-electron chi connectivity index (χ2n) is 9.18. The number of unbranched alkanes of at least 4 members (excludes halogenated alkanes) is 3. The Kier molecular flexibility index (Phi) is 8.84. The molecule has 6 heteroatoms. The summed E-state index contributed by atoms with van der Waals surface area (Å²) in [6.07, 6.45) is 4.70. The molecule has 31 heavy (non-hydrogen) atoms. The van der Waals surface area contributed by atoms with Crippen LogP contribution in [0.2, 0.25) is 0 Å². The van der Waals surface area contributed by atoms with Gasteiger partial charge in [0.1, 0.15) is 5.82 Å². The van der Waals surface area contributed by atoms with Crippen LogP contribution < -0.4 is 5.32 Å². The average molecular weight is 427 g/mol. The molecule has 1 aromatic carbocycles. The van der Waals surface area contributed by atoms with Crippen LogP contribution in [0.5, 0.6) is 0 Å². The molecule has 0 bridgehead atoms. The smallest absolute Gasteiger partial charge is 0.245 e. The second kappa shape index (κ2) is 11.1. The first kappa shape index (κ1) is 24.6. The zero-order valence-corrected chi connectivity index (χ0v) is 20.0. The topological polar surface area (TPSA) is 67.2 Å². The van der Waals surface area contributed by atoms with Crippen LogP contribution in [0.1, 0.15) is 78.0 Å². The molecular weight excluding hydrogens is 388 g/mol. The van der Waals surface area contributed by atoms with E-state index < -0.39 is 0 Å². The van der Waals surface area contributed by atoms with Gasteiger partial charge in [-0.2, -0.15) is 5.10 Å². The van der Waals surface area contributed by atoms with Gasteiger partial charge in [-0.1, -0.05) is 64.7 Å². The molecule has 0 saturated carbocycles. The summed E-state index contributed by atoms with van der Waals surface area (Å²) in [6, 6.07) is 9.94. The standard InChI is InChI=1S/C25H38N4O2/c1-7-9-10-11-12-24(31)28(8-2)18-23(30)26-22-17-21(25(4,5)6)27-29(22)20-15-13-19(3)14-16-20/h13-17H,7-12,18H2,1-6H3,(H,26,30). The number of nitrogens with zero attached hydrogens (tertiary/aromatic N) is 3. The fourth-order valence-corrected chi connectivity index (χ4v) is 3.31. The molecule has 0 aliphatic rings. The Morgan fingerprint density at radius 2 is 1.74 bits per heavy atom. The van der Waals surface area contributed by atoms with Crippen molar-refractivity contribution in [1.29, 1.82) is 0 Å². The minimum atomic E-state index is -0.211. The maximum absolute atomic E-state index is 12.8. The summed E-state index contributed by atoms with van der Waals surface area (Å²) in [5.74, 6) is 0.443. The van der Waals surface area contributed by atoms with Gasteiger partial charge in [0.05, 0.1) is 17.9 Å². The molecule has 0 unspecified atom stereocenters. The van der Waals surface area contributed by atoms with Crippen molar-refractivity contribution in [3.8, 4) is 5.69 Å². The van der Waals surface area contributed by atoms with E-state index in [2.05, 4.69) is 33.0 Å². The van der Waals surface area contributed by atoms with Crippen LogP contribution >= 0.6 is 0 Å². The first-order valence-electron chi connectivity index (χ1n) is 11.4. The van der Waals surface area contributed by atoms with Gasteiger partial charge in [-0.15, -0.1) is 0 Å². The molecule has 0 aliphatic heterocycles. The summed E-state index contributed by atoms with van der Waals surface area (Å²) >= 11 is 0. The molecule has 1 aromatic heterocycles. The SMILES string of the molecule is CCCCCCC(=O)N(CC)CC(=O)Nc1cc(C(C)(C)C)nn1-c1ccc(C)cc1. The fourth-order valence-electron chi connectivity index (χ4n) is 3.31. The zero-order valence-electron chi connectivity index (χ0n) is 20.0. The number of aromatic nitrogens is 2. The molecule has 2 rings (SSSR count). The van der Waals surface area contributed by atoms with E-state index >= 15 is 0 Å². The summed E-state index contributed by atoms with van der Waals surface area (Å²) in [5, 5.41) is 7.73. The molecule has 2 amide bonds. The highest BCUT2D eigenvalue weighted by molar-refractivity contribution is 5.94. The van der Waals surface area contributed by atoms with Crippen molar-refractivity contribution in [3.63, 3.8) is 0 Å². The molecule has 0 radical (unpaired) electrons. The summed E-state index contributed by atoms with van der Waals surface area (Å²) in [5.41, 5.74) is 2.78. The number of hydrogen-bond donors (Lipinski definition) is 1. The van der Waals surface area contributed by atoms with Crippen LogP contribution in [-0.4, -0.2) is 39.6 Å². The van der Waals surface area contributed by atoms with Crippen LogP contribution in [-0.2, 0) is 15.0 Å². The van der Waals surface area contributed by atoms with Crippen molar-refractivity contribution in [2.45, 2.75) is 79.1 Å². The number of amides is 2. The van der Waals surface area contributed by atoms with Crippen molar-refractivity contribution in [1.82, 2.24) is 14.7 Å². The van der Waals surface area contributed by atoms with Gasteiger partial charge in [0.25, 0.3) is 0 Å². The van der Waals surface area contributed by atoms with Crippen LogP contribution in [0.3, 0.4) is 0 Å². The van der Waals surface area contributed by atoms with Gasteiger partial charge in [-0.05, 0) is 32.4 Å². The Bertz CT molecular complexity index is 863. The minimum absolute atomic E-state index is 0.0381. The molecule has 1 N–H and O–H groups in total. The van der Waals surface area contributed by atoms with E-state index in [-0.39, 0.29) is 23.8 Å². The largest absolute Gasteiger partial charge is 0.334 e. The fraction of sp³-hybridized carbons (Fsp3) is 0.560. The summed E-state index contributed by atoms with van der Waals surface area (Å²) in [7, 11) is 0. The van der Waals surface area contributed by atoms with E-state index in [1.54, 1.807) is 9.58 Å². The van der Waals surface area contributed by atoms with Gasteiger partial charge in [-0.25, -0.2) is 4.68 Å². The van der Waals surface area contributed by atoms with Crippen LogP contribution in [0.4, 0.5) is 5.82 Å². The third kappa shape index (κ3) is 7.23. The quantitative estimate of drug-likeness (QED) is 0.529. The zero-order chi connectivity index (χ0) is 23.0. The number of aryl methyl sites for hydroxylation is 1. The van der Waals surface area contributed by atoms with Gasteiger partial charge in [0, 0.05) is 24.4 Å². The van der Waals surface area contributed by atoms with Crippen molar-refractivity contribution in [2.24, 2.45) is 0 Å². The Morgan fingerprint density at radius 1 is 1.06 bits per heavy atom. The number of nitrogens with one attached hydrogen (secondary N) is 1. The number of likely N-dealkylation sites (N-methyl/N-ethyl adjacent to an activating group) is 1. The lowest BCUT2D eigenvalue weighted by atomic mass is 9.92. The Labute approximate surface area is 187 Å². The Hall–Kier alpha value is -2.63. The van der Waals surface area contributed by atoms with Crippen LogP contribution in [0.15, 0.2) is 30.3 Å². The lowest BCUT2D eigenvalue weighted by Crippen LogP contribution is -2.38. The van der Waals surface area contributed by atoms with Crippen molar-refractivity contribution < 1.29 is 9.59 Å². The summed E-state index contributed by atoms with van der Waals surface area (Å²) in [6.45, 7) is 12.9. The Morgan fingerprint density at radius 3 is 2.32 bits per heavy atom. The highest BCUT2D eigenvalue weighted by atomic mass is 16.2. The lowest BCUT2D eigenvalue weighted by Gasteiger charge is -2.20. The molecule has 170 valence electrons. The van der Waals surface area contributed by atoms with E-state index in [0.29, 0.717) is 18.8 Å². The number of carbonyl (C=O) groups is 2. The Balaban J connectivity index is 2.14. The molecule has 0 atom stereocenters. The van der Waals surface area contributed by atoms with E-state index in [4.69, 9.17) is 5.10 Å². The van der Waals surface area contributed by atoms with E-state index in [1.165, 1.54) is 0 Å². The molecule has 2 aromatic rings. The number of anilines is 1. The van der Waals surface area contributed by atoms with Gasteiger partial charge in [-0.3, -0.25) is 9.59 Å². The predicted octanol–water partition coefficient (Wildman–Crippen LogP) is 5.24. The van der Waals surface area contributed by atoms with Crippen molar-refractivity contribution in [2.75, 3.05) is 18.4 Å². The highest BCUT2D eigenvalue weighted by Gasteiger charge is 2.22. The molecule has 0 saturated heterocycles. The van der Waals surface area contributed by atoms with Gasteiger partial charge in [0.15, 0.2) is 0 Å². The van der Waals surface area contributed by atoms with Gasteiger partial charge >= 0.3 is 0 Å². The summed E-state index contributed by atoms with van der Waals surface area (Å²) in [4.78, 5) is 26.9. The third-order valence-electron chi connectivity index (χ3n) is 5.34. The molecular formula is C25H38N4O2. The number of benzene rings is 1. The minimum Gasteiger partial charge on any atom is -0.334 e. The van der Waals surface area contributed by atoms with Crippen LogP contribution in [0.25, 0.3) is 5.69 Å². The monoisotopic (exact) mass is 426 g/mol. The average Bonchev–Trinajstić information content (AvgIpc) is 3.14. The highest BCUT2D eigenvalue weighted by Crippen LogP contribution is 2.26. The molecule has 1 heterocycles. The van der Waals surface area contributed by atoms with E-state index in [0.717, 1.165) is 42.6 Å². The van der Waals surface area contributed by atoms with Gasteiger partial charge < -0.3 is 10.2 Å². The first-order valence-corrected chi connectivity index (χ1v) is 11.4. The number of rotatable bonds is 10. The van der Waals surface area contributed by atoms with Crippen molar-refractivity contribution >= 4 is 17.6 Å². The third-order valence-corrected chi connectivity index (χ3v) is 5.34. The maximum atomic E-state index is 12.8. The number of hydrogen-bond acceptors (Lipinski definition) is 3. The molecule has 0 fully saturated rings.